The van der Waals surface area contributed by atoms with Gasteiger partial charge in [0.25, 0.3) is 0 Å². The van der Waals surface area contributed by atoms with Gasteiger partial charge in [0.1, 0.15) is 12.4 Å². The van der Waals surface area contributed by atoms with Gasteiger partial charge in [0.05, 0.1) is 22.4 Å². The van der Waals surface area contributed by atoms with E-state index in [0.717, 1.165) is 22.5 Å². The lowest BCUT2D eigenvalue weighted by molar-refractivity contribution is -0.123. The number of rotatable bonds is 5. The Morgan fingerprint density at radius 1 is 1.29 bits per heavy atom. The van der Waals surface area contributed by atoms with E-state index in [0.29, 0.717) is 10.8 Å². The van der Waals surface area contributed by atoms with E-state index in [-0.39, 0.29) is 40.8 Å². The zero-order chi connectivity index (χ0) is 24.6. The van der Waals surface area contributed by atoms with Gasteiger partial charge in [-0.25, -0.2) is 4.68 Å². The number of carbonyl (C=O) groups is 2. The monoisotopic (exact) mass is 516 g/mol. The molecule has 0 aliphatic carbocycles. The summed E-state index contributed by atoms with van der Waals surface area (Å²) in [5.41, 5.74) is 3.46. The van der Waals surface area contributed by atoms with Crippen molar-refractivity contribution in [2.75, 3.05) is 17.2 Å². The van der Waals surface area contributed by atoms with Gasteiger partial charge in [-0.1, -0.05) is 38.4 Å². The Bertz CT molecular complexity index is 1200. The molecule has 1 aliphatic rings. The molecule has 1 aromatic carbocycles. The maximum absolute atomic E-state index is 13.5. The van der Waals surface area contributed by atoms with Crippen LogP contribution in [0.15, 0.2) is 41.1 Å². The molecular weight excluding hydrogens is 488 g/mol. The maximum Gasteiger partial charge on any atom is 0.240 e. The molecule has 2 amide bonds. The smallest absolute Gasteiger partial charge is 0.240 e. The molecule has 1 N–H and O–H groups in total. The Balaban J connectivity index is 2.00. The van der Waals surface area contributed by atoms with E-state index >= 15 is 0 Å². The molecule has 0 fully saturated rings. The van der Waals surface area contributed by atoms with Gasteiger partial charge >= 0.3 is 0 Å². The minimum absolute atomic E-state index is 0.0232. The number of halogens is 1. The number of thioether (sulfide) groups is 1. The molecule has 0 saturated heterocycles. The number of benzene rings is 1. The van der Waals surface area contributed by atoms with Crippen LogP contribution in [-0.2, 0) is 15.0 Å². The Kier molecular flexibility index (Phi) is 7.12. The fraction of sp³-hybridized carbons (Fsp3) is 0.400. The number of carbonyl (C=O) groups excluding carboxylic acids is 2. The highest BCUT2D eigenvalue weighted by Crippen LogP contribution is 2.48. The van der Waals surface area contributed by atoms with Gasteiger partial charge in [-0.3, -0.25) is 14.5 Å². The van der Waals surface area contributed by atoms with Crippen molar-refractivity contribution in [3.8, 4) is 5.69 Å². The molecule has 1 atom stereocenters. The molecule has 0 spiro atoms. The molecule has 0 saturated carbocycles. The van der Waals surface area contributed by atoms with Crippen LogP contribution in [0.4, 0.5) is 5.82 Å². The predicted octanol–water partition coefficient (Wildman–Crippen LogP) is 5.58. The first kappa shape index (κ1) is 24.8. The van der Waals surface area contributed by atoms with Crippen molar-refractivity contribution in [3.05, 3.63) is 62.9 Å². The summed E-state index contributed by atoms with van der Waals surface area (Å²) < 4.78 is 1.79. The van der Waals surface area contributed by atoms with Crippen LogP contribution >= 0.6 is 34.7 Å². The first-order chi connectivity index (χ1) is 16.1. The van der Waals surface area contributed by atoms with Gasteiger partial charge in [-0.2, -0.15) is 16.4 Å². The summed E-state index contributed by atoms with van der Waals surface area (Å²) in [6.07, 6.45) is 0. The van der Waals surface area contributed by atoms with E-state index in [2.05, 4.69) is 37.5 Å². The number of amides is 2. The highest BCUT2D eigenvalue weighted by Gasteiger charge is 2.40. The van der Waals surface area contributed by atoms with Crippen LogP contribution in [0.25, 0.3) is 5.69 Å². The van der Waals surface area contributed by atoms with Crippen LogP contribution in [0.3, 0.4) is 0 Å². The summed E-state index contributed by atoms with van der Waals surface area (Å²) in [6, 6.07) is 9.49. The minimum Gasteiger partial charge on any atom is -0.352 e. The molecule has 1 unspecified atom stereocenters. The van der Waals surface area contributed by atoms with Gasteiger partial charge < -0.3 is 5.32 Å². The summed E-state index contributed by atoms with van der Waals surface area (Å²) >= 11 is 9.55. The van der Waals surface area contributed by atoms with Crippen LogP contribution in [0.1, 0.15) is 56.7 Å². The molecule has 0 radical (unpaired) electrons. The van der Waals surface area contributed by atoms with Crippen LogP contribution in [0.2, 0.25) is 5.02 Å². The van der Waals surface area contributed by atoms with E-state index in [9.17, 15) is 9.59 Å². The highest BCUT2D eigenvalue weighted by atomic mass is 35.5. The summed E-state index contributed by atoms with van der Waals surface area (Å²) in [5, 5.41) is 12.6. The fourth-order valence-corrected chi connectivity index (χ4v) is 6.20. The second-order valence-electron chi connectivity index (χ2n) is 9.68. The van der Waals surface area contributed by atoms with Crippen molar-refractivity contribution in [1.82, 2.24) is 15.1 Å². The molecule has 4 rings (SSSR count). The van der Waals surface area contributed by atoms with E-state index in [1.54, 1.807) is 38.7 Å². The zero-order valence-electron chi connectivity index (χ0n) is 20.0. The highest BCUT2D eigenvalue weighted by molar-refractivity contribution is 8.00. The second kappa shape index (κ2) is 9.76. The lowest BCUT2D eigenvalue weighted by Crippen LogP contribution is -2.44. The lowest BCUT2D eigenvalue weighted by atomic mass is 9.87. The number of thiophene rings is 1. The first-order valence-electron chi connectivity index (χ1n) is 11.2. The first-order valence-corrected chi connectivity index (χ1v) is 13.6. The average molecular weight is 517 g/mol. The van der Waals surface area contributed by atoms with Crippen LogP contribution in [-0.4, -0.2) is 39.9 Å². The average Bonchev–Trinajstić information content (AvgIpc) is 3.38. The van der Waals surface area contributed by atoms with E-state index in [1.165, 1.54) is 0 Å². The van der Waals surface area contributed by atoms with E-state index in [4.69, 9.17) is 16.7 Å². The maximum atomic E-state index is 13.5. The summed E-state index contributed by atoms with van der Waals surface area (Å²) in [6.45, 7) is 10.1. The molecule has 9 heteroatoms. The number of nitrogens with one attached hydrogen (secondary N) is 1. The molecule has 34 heavy (non-hydrogen) atoms. The van der Waals surface area contributed by atoms with Crippen LogP contribution in [0.5, 0.6) is 0 Å². The number of hydrogen-bond acceptors (Lipinski definition) is 5. The van der Waals surface area contributed by atoms with Gasteiger partial charge in [-0.05, 0) is 54.4 Å². The molecule has 1 aliphatic heterocycles. The largest absolute Gasteiger partial charge is 0.352 e. The Morgan fingerprint density at radius 2 is 2.06 bits per heavy atom. The van der Waals surface area contributed by atoms with E-state index < -0.39 is 0 Å². The van der Waals surface area contributed by atoms with Gasteiger partial charge in [0.2, 0.25) is 11.8 Å². The molecule has 3 heterocycles. The predicted molar refractivity (Wildman–Crippen MR) is 142 cm³/mol. The number of fused-ring (bicyclic) bond motifs is 1. The third kappa shape index (κ3) is 5.04. The number of nitrogens with zero attached hydrogens (tertiary/aromatic N) is 3. The van der Waals surface area contributed by atoms with E-state index in [1.807, 2.05) is 37.4 Å². The van der Waals surface area contributed by atoms with Gasteiger partial charge in [0.15, 0.2) is 0 Å². The molecule has 2 aromatic heterocycles. The standard InChI is InChI=1S/C25H29ClN4O2S2/c1-15(2)27-19(31)12-29-20(32)14-34-22(16-9-10-33-13-16)21-23(25(3,4)5)28-30(24(21)29)18-8-6-7-17(26)11-18/h6-11,13,15,22H,12,14H2,1-5H3,(H,27,31). The van der Waals surface area contributed by atoms with Crippen molar-refractivity contribution in [2.45, 2.75) is 51.3 Å². The quantitative estimate of drug-likeness (QED) is 0.480. The van der Waals surface area contributed by atoms with Crippen molar-refractivity contribution in [3.63, 3.8) is 0 Å². The van der Waals surface area contributed by atoms with Gasteiger partial charge in [0, 0.05) is 22.0 Å². The fourth-order valence-electron chi connectivity index (χ4n) is 4.06. The number of anilines is 1. The van der Waals surface area contributed by atoms with Crippen molar-refractivity contribution < 1.29 is 9.59 Å². The van der Waals surface area contributed by atoms with Crippen molar-refractivity contribution >= 4 is 52.3 Å². The van der Waals surface area contributed by atoms with Gasteiger partial charge in [-0.15, -0.1) is 11.8 Å². The third-order valence-electron chi connectivity index (χ3n) is 5.45. The molecule has 3 aromatic rings. The number of aromatic nitrogens is 2. The molecule has 0 bridgehead atoms. The van der Waals surface area contributed by atoms with Crippen LogP contribution < -0.4 is 10.2 Å². The minimum atomic E-state index is -0.290. The molecule has 6 nitrogen and oxygen atoms in total. The van der Waals surface area contributed by atoms with Crippen LogP contribution in [0, 0.1) is 0 Å². The van der Waals surface area contributed by atoms with Crippen molar-refractivity contribution in [2.24, 2.45) is 0 Å². The topological polar surface area (TPSA) is 67.2 Å². The molecule has 180 valence electrons. The van der Waals surface area contributed by atoms with Crippen molar-refractivity contribution in [1.29, 1.82) is 0 Å². The molecular formula is C25H29ClN4O2S2. The SMILES string of the molecule is CC(C)NC(=O)CN1C(=O)CSC(c2ccsc2)c2c(C(C)(C)C)nn(-c3cccc(Cl)c3)c21. The Morgan fingerprint density at radius 3 is 2.68 bits per heavy atom. The lowest BCUT2D eigenvalue weighted by Gasteiger charge is -2.24. The summed E-state index contributed by atoms with van der Waals surface area (Å²) in [7, 11) is 0. The normalized spacial score (nSPS) is 16.5. The summed E-state index contributed by atoms with van der Waals surface area (Å²) in [5.74, 6) is 0.580. The third-order valence-corrected chi connectivity index (χ3v) is 7.64. The second-order valence-corrected chi connectivity index (χ2v) is 12.0. The Labute approximate surface area is 213 Å². The Hall–Kier alpha value is -2.29. The number of hydrogen-bond donors (Lipinski definition) is 1. The summed E-state index contributed by atoms with van der Waals surface area (Å²) in [4.78, 5) is 27.9. The zero-order valence-corrected chi connectivity index (χ0v) is 22.4.